The summed E-state index contributed by atoms with van der Waals surface area (Å²) in [6.45, 7) is 1.74. The van der Waals surface area contributed by atoms with Crippen molar-refractivity contribution in [2.45, 2.75) is 51.0 Å². The molecule has 1 fully saturated rings. The number of aliphatic hydroxyl groups is 3. The molecule has 3 unspecified atom stereocenters. The van der Waals surface area contributed by atoms with Gasteiger partial charge in [-0.1, -0.05) is 0 Å². The number of carbonyl (C=O) groups excluding carboxylic acids is 2. The fraction of sp³-hybridized carbons (Fsp3) is 0.565. The highest BCUT2D eigenvalue weighted by Crippen LogP contribution is 2.38. The van der Waals surface area contributed by atoms with Gasteiger partial charge in [0.25, 0.3) is 0 Å². The van der Waals surface area contributed by atoms with Gasteiger partial charge in [-0.2, -0.15) is 0 Å². The van der Waals surface area contributed by atoms with Gasteiger partial charge in [0.1, 0.15) is 12.2 Å². The first-order valence-electron chi connectivity index (χ1n) is 11.0. The van der Waals surface area contributed by atoms with E-state index in [0.29, 0.717) is 38.7 Å². The van der Waals surface area contributed by atoms with Crippen LogP contribution in [-0.2, 0) is 16.2 Å². The molecule has 2 aliphatic rings. The number of nitrogens with one attached hydrogen (secondary N) is 1. The minimum absolute atomic E-state index is 0.0990. The first kappa shape index (κ1) is 25.7. The maximum absolute atomic E-state index is 12.7. The van der Waals surface area contributed by atoms with Crippen molar-refractivity contribution in [1.29, 1.82) is 0 Å². The van der Waals surface area contributed by atoms with Gasteiger partial charge in [0.2, 0.25) is 11.8 Å². The molecule has 0 bridgehead atoms. The van der Waals surface area contributed by atoms with E-state index in [0.717, 1.165) is 12.8 Å². The Hall–Kier alpha value is -1.89. The van der Waals surface area contributed by atoms with Gasteiger partial charge in [0, 0.05) is 32.0 Å². The molecule has 2 amide bonds. The molecule has 0 aliphatic heterocycles. The monoisotopic (exact) mass is 574 g/mol. The van der Waals surface area contributed by atoms with E-state index in [1.807, 2.05) is 0 Å². The second kappa shape index (κ2) is 11.5. The predicted octanol–water partition coefficient (Wildman–Crippen LogP) is 0.966. The third kappa shape index (κ3) is 6.37. The van der Waals surface area contributed by atoms with E-state index in [1.54, 1.807) is 23.1 Å². The number of methoxy groups -OCH3 is 1. The lowest BCUT2D eigenvalue weighted by atomic mass is 9.88. The molecule has 0 aromatic heterocycles. The van der Waals surface area contributed by atoms with Gasteiger partial charge in [-0.05, 0) is 65.1 Å². The molecule has 1 saturated carbocycles. The largest absolute Gasteiger partial charge is 0.493 e. The number of aliphatic hydroxyl groups excluding tert-OH is 3. The van der Waals surface area contributed by atoms with Gasteiger partial charge in [0.15, 0.2) is 11.5 Å². The minimum atomic E-state index is -1.07. The highest BCUT2D eigenvalue weighted by molar-refractivity contribution is 14.1. The molecule has 0 spiro atoms. The highest BCUT2D eigenvalue weighted by Gasteiger charge is 2.41. The molecule has 9 nitrogen and oxygen atoms in total. The Balaban J connectivity index is 1.95. The number of ether oxygens (including phenoxy) is 2. The summed E-state index contributed by atoms with van der Waals surface area (Å²) >= 11 is 2.06. The zero-order chi connectivity index (χ0) is 24.1. The molecule has 182 valence electrons. The number of rotatable bonds is 10. The normalized spacial score (nSPS) is 22.4. The summed E-state index contributed by atoms with van der Waals surface area (Å²) in [5.74, 6) is 0.636. The molecular formula is C23H31IN2O7. The average molecular weight is 574 g/mol. The number of carbonyl (C=O) groups is 2. The summed E-state index contributed by atoms with van der Waals surface area (Å²) < 4.78 is 12.3. The second-order valence-corrected chi connectivity index (χ2v) is 9.56. The second-order valence-electron chi connectivity index (χ2n) is 8.40. The zero-order valence-electron chi connectivity index (χ0n) is 18.8. The van der Waals surface area contributed by atoms with Crippen molar-refractivity contribution in [3.05, 3.63) is 32.9 Å². The van der Waals surface area contributed by atoms with E-state index >= 15 is 0 Å². The Morgan fingerprint density at radius 2 is 2.00 bits per heavy atom. The molecule has 3 atom stereocenters. The van der Waals surface area contributed by atoms with Gasteiger partial charge in [-0.15, -0.1) is 0 Å². The van der Waals surface area contributed by atoms with Crippen molar-refractivity contribution in [3.8, 4) is 11.5 Å². The van der Waals surface area contributed by atoms with Crippen molar-refractivity contribution < 1.29 is 34.4 Å². The van der Waals surface area contributed by atoms with E-state index in [4.69, 9.17) is 14.6 Å². The van der Waals surface area contributed by atoms with Gasteiger partial charge < -0.3 is 35.0 Å². The Morgan fingerprint density at radius 1 is 1.27 bits per heavy atom. The van der Waals surface area contributed by atoms with Crippen molar-refractivity contribution >= 4 is 34.4 Å². The highest BCUT2D eigenvalue weighted by atomic mass is 127. The summed E-state index contributed by atoms with van der Waals surface area (Å²) in [4.78, 5) is 26.8. The summed E-state index contributed by atoms with van der Waals surface area (Å²) in [5, 5.41) is 32.4. The van der Waals surface area contributed by atoms with Crippen LogP contribution in [0.4, 0.5) is 0 Å². The van der Waals surface area contributed by atoms with Crippen LogP contribution >= 0.6 is 22.6 Å². The molecule has 0 heterocycles. The van der Waals surface area contributed by atoms with Crippen LogP contribution in [0.15, 0.2) is 23.8 Å². The van der Waals surface area contributed by atoms with Crippen LogP contribution in [0.1, 0.15) is 31.7 Å². The number of benzene rings is 1. The van der Waals surface area contributed by atoms with Crippen molar-refractivity contribution in [3.63, 3.8) is 0 Å². The Kier molecular flexibility index (Phi) is 8.96. The van der Waals surface area contributed by atoms with Crippen LogP contribution in [0.5, 0.6) is 11.5 Å². The quantitative estimate of drug-likeness (QED) is 0.307. The van der Waals surface area contributed by atoms with Crippen LogP contribution in [-0.4, -0.2) is 77.1 Å². The van der Waals surface area contributed by atoms with Crippen molar-refractivity contribution in [2.24, 2.45) is 5.92 Å². The molecule has 1 aromatic rings. The topological polar surface area (TPSA) is 129 Å². The maximum atomic E-state index is 12.7. The molecule has 1 aromatic carbocycles. The molecule has 10 heteroatoms. The zero-order valence-corrected chi connectivity index (χ0v) is 20.9. The standard InChI is InChI=1S/C23H31IN2O7/c1-13(29)26(11-14-3-4-14)18-9-16(23(31)25-5-6-27)10-19(21(18)30)33-22-17(24)7-15(12-28)8-20(22)32-2/h7-8,10,14,18-19,21,27-28,30H,3-6,9,11-12H2,1-2H3,(H,25,31). The lowest BCUT2D eigenvalue weighted by Crippen LogP contribution is -2.55. The Morgan fingerprint density at radius 3 is 2.58 bits per heavy atom. The molecular weight excluding hydrogens is 543 g/mol. The van der Waals surface area contributed by atoms with E-state index in [2.05, 4.69) is 27.9 Å². The molecule has 3 rings (SSSR count). The first-order valence-corrected chi connectivity index (χ1v) is 12.1. The lowest BCUT2D eigenvalue weighted by molar-refractivity contribution is -0.136. The third-order valence-electron chi connectivity index (χ3n) is 5.90. The molecule has 2 aliphatic carbocycles. The molecule has 0 saturated heterocycles. The summed E-state index contributed by atoms with van der Waals surface area (Å²) in [6, 6.07) is 2.77. The van der Waals surface area contributed by atoms with Gasteiger partial charge in [0.05, 0.1) is 29.9 Å². The number of hydrogen-bond donors (Lipinski definition) is 4. The van der Waals surface area contributed by atoms with Crippen LogP contribution in [0, 0.1) is 9.49 Å². The van der Waals surface area contributed by atoms with Gasteiger partial charge in [-0.25, -0.2) is 0 Å². The number of halogens is 1. The van der Waals surface area contributed by atoms with E-state index in [-0.39, 0.29) is 38.0 Å². The number of hydrogen-bond acceptors (Lipinski definition) is 7. The summed E-state index contributed by atoms with van der Waals surface area (Å²) in [5.41, 5.74) is 1.03. The SMILES string of the molecule is COc1cc(CO)cc(I)c1OC1C=C(C(=O)NCCO)CC(N(CC2CC2)C(C)=O)C1O. The van der Waals surface area contributed by atoms with E-state index in [9.17, 15) is 19.8 Å². The first-order chi connectivity index (χ1) is 15.8. The van der Waals surface area contributed by atoms with Crippen LogP contribution in [0.3, 0.4) is 0 Å². The van der Waals surface area contributed by atoms with Gasteiger partial charge in [-0.3, -0.25) is 9.59 Å². The summed E-state index contributed by atoms with van der Waals surface area (Å²) in [7, 11) is 1.48. The summed E-state index contributed by atoms with van der Waals surface area (Å²) in [6.07, 6.45) is 1.85. The third-order valence-corrected chi connectivity index (χ3v) is 6.70. The average Bonchev–Trinajstić information content (AvgIpc) is 3.62. The van der Waals surface area contributed by atoms with E-state index in [1.165, 1.54) is 14.0 Å². The number of nitrogens with zero attached hydrogens (tertiary/aromatic N) is 1. The predicted molar refractivity (Wildman–Crippen MR) is 129 cm³/mol. The number of amides is 2. The molecule has 4 N–H and O–H groups in total. The lowest BCUT2D eigenvalue weighted by Gasteiger charge is -2.40. The Labute approximate surface area is 206 Å². The van der Waals surface area contributed by atoms with Gasteiger partial charge >= 0.3 is 0 Å². The van der Waals surface area contributed by atoms with Crippen molar-refractivity contribution in [1.82, 2.24) is 10.2 Å². The van der Waals surface area contributed by atoms with Crippen LogP contribution < -0.4 is 14.8 Å². The molecule has 0 radical (unpaired) electrons. The molecule has 33 heavy (non-hydrogen) atoms. The smallest absolute Gasteiger partial charge is 0.247 e. The fourth-order valence-corrected chi connectivity index (χ4v) is 4.76. The van der Waals surface area contributed by atoms with E-state index < -0.39 is 18.2 Å². The van der Waals surface area contributed by atoms with Crippen LogP contribution in [0.2, 0.25) is 0 Å². The minimum Gasteiger partial charge on any atom is -0.493 e. The van der Waals surface area contributed by atoms with Crippen LogP contribution in [0.25, 0.3) is 0 Å². The Bertz CT molecular complexity index is 903. The maximum Gasteiger partial charge on any atom is 0.247 e. The van der Waals surface area contributed by atoms with Crippen molar-refractivity contribution in [2.75, 3.05) is 26.8 Å². The fourth-order valence-electron chi connectivity index (χ4n) is 3.97.